The monoisotopic (exact) mass is 322 g/mol. The van der Waals surface area contributed by atoms with Gasteiger partial charge in [-0.1, -0.05) is 54.4 Å². The molecule has 0 saturated heterocycles. The van der Waals surface area contributed by atoms with Crippen molar-refractivity contribution in [2.75, 3.05) is 18.8 Å². The summed E-state index contributed by atoms with van der Waals surface area (Å²) < 4.78 is 1.11. The first-order chi connectivity index (χ1) is 8.88. The Labute approximate surface area is 124 Å². The standard InChI is InChI=1S/C16H23BrN2/c1-16(2,3)12-7-9-19(10-8-12)11-13-14(17)5-4-6-15(13)18/h4-7H,8-11,18H2,1-3H3. The summed E-state index contributed by atoms with van der Waals surface area (Å²) in [7, 11) is 0. The van der Waals surface area contributed by atoms with Crippen LogP contribution in [0.15, 0.2) is 34.3 Å². The second-order valence-corrected chi connectivity index (χ2v) is 7.13. The third-order valence-corrected chi connectivity index (χ3v) is 4.54. The van der Waals surface area contributed by atoms with Gasteiger partial charge in [-0.15, -0.1) is 0 Å². The topological polar surface area (TPSA) is 29.3 Å². The zero-order valence-corrected chi connectivity index (χ0v) is 13.6. The van der Waals surface area contributed by atoms with Crippen LogP contribution in [-0.4, -0.2) is 18.0 Å². The van der Waals surface area contributed by atoms with Crippen LogP contribution in [0, 0.1) is 5.41 Å². The lowest BCUT2D eigenvalue weighted by atomic mass is 9.83. The molecule has 104 valence electrons. The van der Waals surface area contributed by atoms with Crippen LogP contribution >= 0.6 is 15.9 Å². The Bertz CT molecular complexity index is 466. The quantitative estimate of drug-likeness (QED) is 0.652. The van der Waals surface area contributed by atoms with Gasteiger partial charge in [-0.3, -0.25) is 4.90 Å². The number of nitrogens with zero attached hydrogens (tertiary/aromatic N) is 1. The number of nitrogen functional groups attached to an aromatic ring is 1. The highest BCUT2D eigenvalue weighted by molar-refractivity contribution is 9.10. The van der Waals surface area contributed by atoms with E-state index in [-0.39, 0.29) is 0 Å². The summed E-state index contributed by atoms with van der Waals surface area (Å²) in [6.45, 7) is 9.93. The molecular formula is C16H23BrN2. The molecule has 0 aliphatic carbocycles. The molecule has 0 bridgehead atoms. The fraction of sp³-hybridized carbons (Fsp3) is 0.500. The smallest absolute Gasteiger partial charge is 0.0371 e. The van der Waals surface area contributed by atoms with Crippen molar-refractivity contribution in [3.63, 3.8) is 0 Å². The van der Waals surface area contributed by atoms with Gasteiger partial charge in [0.25, 0.3) is 0 Å². The second kappa shape index (κ2) is 5.68. The number of anilines is 1. The molecule has 0 saturated carbocycles. The highest BCUT2D eigenvalue weighted by Crippen LogP contribution is 2.31. The van der Waals surface area contributed by atoms with Crippen LogP contribution in [0.25, 0.3) is 0 Å². The van der Waals surface area contributed by atoms with Gasteiger partial charge in [0.05, 0.1) is 0 Å². The van der Waals surface area contributed by atoms with Crippen LogP contribution in [0.2, 0.25) is 0 Å². The number of nitrogens with two attached hydrogens (primary N) is 1. The van der Waals surface area contributed by atoms with Crippen molar-refractivity contribution in [2.45, 2.75) is 33.7 Å². The first-order valence-electron chi connectivity index (χ1n) is 6.82. The van der Waals surface area contributed by atoms with Crippen molar-refractivity contribution >= 4 is 21.6 Å². The van der Waals surface area contributed by atoms with Crippen LogP contribution in [0.5, 0.6) is 0 Å². The van der Waals surface area contributed by atoms with Crippen molar-refractivity contribution in [2.24, 2.45) is 5.41 Å². The third-order valence-electron chi connectivity index (χ3n) is 3.79. The molecule has 2 N–H and O–H groups in total. The zero-order valence-electron chi connectivity index (χ0n) is 12.0. The number of hydrogen-bond donors (Lipinski definition) is 1. The number of rotatable bonds is 2. The third kappa shape index (κ3) is 3.61. The Morgan fingerprint density at radius 1 is 1.32 bits per heavy atom. The van der Waals surface area contributed by atoms with E-state index in [2.05, 4.69) is 53.7 Å². The van der Waals surface area contributed by atoms with Crippen molar-refractivity contribution in [1.82, 2.24) is 4.90 Å². The lowest BCUT2D eigenvalue weighted by Crippen LogP contribution is -2.31. The summed E-state index contributed by atoms with van der Waals surface area (Å²) in [5.41, 5.74) is 10.0. The predicted molar refractivity (Wildman–Crippen MR) is 86.0 cm³/mol. The van der Waals surface area contributed by atoms with Crippen molar-refractivity contribution in [1.29, 1.82) is 0 Å². The molecule has 0 unspecified atom stereocenters. The fourth-order valence-corrected chi connectivity index (χ4v) is 3.01. The van der Waals surface area contributed by atoms with Crippen LogP contribution in [0.3, 0.4) is 0 Å². The minimum Gasteiger partial charge on any atom is -0.398 e. The van der Waals surface area contributed by atoms with Crippen molar-refractivity contribution in [3.05, 3.63) is 39.9 Å². The Kier molecular flexibility index (Phi) is 4.36. The summed E-state index contributed by atoms with van der Waals surface area (Å²) in [6.07, 6.45) is 3.55. The van der Waals surface area contributed by atoms with E-state index in [1.54, 1.807) is 5.57 Å². The van der Waals surface area contributed by atoms with E-state index >= 15 is 0 Å². The van der Waals surface area contributed by atoms with Gasteiger partial charge < -0.3 is 5.73 Å². The first-order valence-corrected chi connectivity index (χ1v) is 7.62. The van der Waals surface area contributed by atoms with Gasteiger partial charge in [0.1, 0.15) is 0 Å². The predicted octanol–water partition coefficient (Wildman–Crippen LogP) is 4.21. The summed E-state index contributed by atoms with van der Waals surface area (Å²) >= 11 is 3.60. The number of halogens is 1. The van der Waals surface area contributed by atoms with Gasteiger partial charge >= 0.3 is 0 Å². The van der Waals surface area contributed by atoms with Gasteiger partial charge in [0.2, 0.25) is 0 Å². The fourth-order valence-electron chi connectivity index (χ4n) is 2.50. The lowest BCUT2D eigenvalue weighted by Gasteiger charge is -2.32. The summed E-state index contributed by atoms with van der Waals surface area (Å²) in [4.78, 5) is 2.45. The first kappa shape index (κ1) is 14.6. The van der Waals surface area contributed by atoms with Gasteiger partial charge in [-0.05, 0) is 24.0 Å². The molecule has 0 amide bonds. The van der Waals surface area contributed by atoms with E-state index in [0.717, 1.165) is 36.2 Å². The van der Waals surface area contributed by atoms with E-state index in [4.69, 9.17) is 5.73 Å². The second-order valence-electron chi connectivity index (χ2n) is 6.27. The van der Waals surface area contributed by atoms with Crippen LogP contribution < -0.4 is 5.73 Å². The highest BCUT2D eigenvalue weighted by atomic mass is 79.9. The van der Waals surface area contributed by atoms with E-state index in [9.17, 15) is 0 Å². The highest BCUT2D eigenvalue weighted by Gasteiger charge is 2.21. The molecule has 0 fully saturated rings. The minimum atomic E-state index is 0.304. The van der Waals surface area contributed by atoms with E-state index < -0.39 is 0 Å². The normalized spacial score (nSPS) is 17.4. The van der Waals surface area contributed by atoms with Crippen molar-refractivity contribution in [3.8, 4) is 0 Å². The SMILES string of the molecule is CC(C)(C)C1=CCN(Cc2c(N)cccc2Br)CC1. The van der Waals surface area contributed by atoms with Gasteiger partial charge in [-0.2, -0.15) is 0 Å². The molecule has 1 aliphatic rings. The van der Waals surface area contributed by atoms with Crippen LogP contribution in [0.1, 0.15) is 32.8 Å². The molecule has 1 aromatic carbocycles. The molecule has 0 atom stereocenters. The van der Waals surface area contributed by atoms with E-state index in [1.165, 1.54) is 5.56 Å². The van der Waals surface area contributed by atoms with Gasteiger partial charge in [0, 0.05) is 35.4 Å². The van der Waals surface area contributed by atoms with Gasteiger partial charge in [-0.25, -0.2) is 0 Å². The number of benzene rings is 1. The average molecular weight is 323 g/mol. The maximum absolute atomic E-state index is 6.06. The minimum absolute atomic E-state index is 0.304. The van der Waals surface area contributed by atoms with Crippen LogP contribution in [-0.2, 0) is 6.54 Å². The lowest BCUT2D eigenvalue weighted by molar-refractivity contribution is 0.271. The molecule has 1 aliphatic heterocycles. The van der Waals surface area contributed by atoms with E-state index in [1.807, 2.05) is 12.1 Å². The average Bonchev–Trinajstić information content (AvgIpc) is 2.33. The van der Waals surface area contributed by atoms with E-state index in [0.29, 0.717) is 5.41 Å². The molecule has 2 rings (SSSR count). The van der Waals surface area contributed by atoms with Crippen LogP contribution in [0.4, 0.5) is 5.69 Å². The number of hydrogen-bond acceptors (Lipinski definition) is 2. The molecule has 0 radical (unpaired) electrons. The maximum Gasteiger partial charge on any atom is 0.0371 e. The summed E-state index contributed by atoms with van der Waals surface area (Å²) in [5.74, 6) is 0. The molecule has 1 aromatic rings. The molecule has 2 nitrogen and oxygen atoms in total. The molecule has 0 aromatic heterocycles. The molecule has 1 heterocycles. The van der Waals surface area contributed by atoms with Crippen molar-refractivity contribution < 1.29 is 0 Å². The Morgan fingerprint density at radius 2 is 2.05 bits per heavy atom. The largest absolute Gasteiger partial charge is 0.398 e. The Morgan fingerprint density at radius 3 is 2.58 bits per heavy atom. The maximum atomic E-state index is 6.06. The summed E-state index contributed by atoms with van der Waals surface area (Å²) in [6, 6.07) is 6.02. The molecule has 19 heavy (non-hydrogen) atoms. The summed E-state index contributed by atoms with van der Waals surface area (Å²) in [5, 5.41) is 0. The zero-order chi connectivity index (χ0) is 14.0. The molecule has 0 spiro atoms. The Balaban J connectivity index is 2.06. The Hall–Kier alpha value is -0.800. The van der Waals surface area contributed by atoms with Gasteiger partial charge in [0.15, 0.2) is 0 Å². The molecular weight excluding hydrogens is 300 g/mol. The molecule has 3 heteroatoms.